The van der Waals surface area contributed by atoms with Crippen molar-refractivity contribution in [1.82, 2.24) is 20.2 Å². The van der Waals surface area contributed by atoms with Crippen LogP contribution < -0.4 is 0 Å². The van der Waals surface area contributed by atoms with E-state index in [1.165, 1.54) is 0 Å². The molecule has 0 aliphatic rings. The van der Waals surface area contributed by atoms with Crippen LogP contribution in [0.25, 0.3) is 0 Å². The smallest absolute Gasteiger partial charge is 0.298 e. The minimum absolute atomic E-state index is 0.225. The van der Waals surface area contributed by atoms with Gasteiger partial charge >= 0.3 is 6.18 Å². The van der Waals surface area contributed by atoms with Crippen LogP contribution >= 0.6 is 0 Å². The highest BCUT2D eigenvalue weighted by Gasteiger charge is 2.36. The van der Waals surface area contributed by atoms with E-state index in [0.717, 1.165) is 0 Å². The van der Waals surface area contributed by atoms with Gasteiger partial charge in [-0.15, -0.1) is 10.2 Å². The van der Waals surface area contributed by atoms with Crippen LogP contribution in [-0.4, -0.2) is 26.0 Å². The Labute approximate surface area is 76.9 Å². The van der Waals surface area contributed by atoms with Gasteiger partial charge in [-0.3, -0.25) is 4.79 Å². The summed E-state index contributed by atoms with van der Waals surface area (Å²) in [5.74, 6) is -1.59. The van der Waals surface area contributed by atoms with E-state index in [0.29, 0.717) is 4.80 Å². The molecular formula is C6H7F3N4O. The summed E-state index contributed by atoms with van der Waals surface area (Å²) < 4.78 is 35.9. The van der Waals surface area contributed by atoms with Crippen molar-refractivity contribution in [3.8, 4) is 0 Å². The van der Waals surface area contributed by atoms with Gasteiger partial charge < -0.3 is 0 Å². The van der Waals surface area contributed by atoms with Gasteiger partial charge in [0.05, 0.1) is 0 Å². The topological polar surface area (TPSA) is 60.7 Å². The molecular weight excluding hydrogens is 201 g/mol. The standard InChI is InChI=1S/C6H7F3N4O/c1-2-4(14)3-13-11-5(10-12-13)6(7,8)9/h2-3H2,1H3. The molecule has 0 aliphatic heterocycles. The molecule has 0 bridgehead atoms. The maximum atomic E-state index is 12.0. The fourth-order valence-electron chi connectivity index (χ4n) is 0.693. The van der Waals surface area contributed by atoms with E-state index in [2.05, 4.69) is 15.4 Å². The molecule has 0 aliphatic carbocycles. The van der Waals surface area contributed by atoms with E-state index in [9.17, 15) is 18.0 Å². The zero-order chi connectivity index (χ0) is 10.8. The molecule has 1 aromatic heterocycles. The van der Waals surface area contributed by atoms with Crippen molar-refractivity contribution in [2.45, 2.75) is 26.1 Å². The van der Waals surface area contributed by atoms with E-state index in [1.54, 1.807) is 6.92 Å². The third-order valence-electron chi connectivity index (χ3n) is 1.42. The van der Waals surface area contributed by atoms with Crippen molar-refractivity contribution in [2.75, 3.05) is 0 Å². The monoisotopic (exact) mass is 208 g/mol. The molecule has 0 N–H and O–H groups in total. The summed E-state index contributed by atoms with van der Waals surface area (Å²) in [7, 11) is 0. The summed E-state index contributed by atoms with van der Waals surface area (Å²) in [5, 5.41) is 8.90. The van der Waals surface area contributed by atoms with Crippen molar-refractivity contribution in [3.63, 3.8) is 0 Å². The number of tetrazole rings is 1. The fraction of sp³-hybridized carbons (Fsp3) is 0.667. The van der Waals surface area contributed by atoms with Crippen LogP contribution in [0.1, 0.15) is 19.2 Å². The maximum Gasteiger partial charge on any atom is 0.455 e. The second-order valence-electron chi connectivity index (χ2n) is 2.53. The van der Waals surface area contributed by atoms with Crippen molar-refractivity contribution in [3.05, 3.63) is 5.82 Å². The molecule has 0 unspecified atom stereocenters. The van der Waals surface area contributed by atoms with Crippen molar-refractivity contribution < 1.29 is 18.0 Å². The molecule has 0 aromatic carbocycles. The number of carbonyl (C=O) groups is 1. The molecule has 0 spiro atoms. The first-order valence-corrected chi connectivity index (χ1v) is 3.80. The van der Waals surface area contributed by atoms with Gasteiger partial charge in [0.1, 0.15) is 6.54 Å². The quantitative estimate of drug-likeness (QED) is 0.732. The first-order chi connectivity index (χ1) is 6.43. The number of carbonyl (C=O) groups excluding carboxylic acids is 1. The number of aromatic nitrogens is 4. The minimum Gasteiger partial charge on any atom is -0.298 e. The summed E-state index contributed by atoms with van der Waals surface area (Å²) >= 11 is 0. The van der Waals surface area contributed by atoms with Crippen molar-refractivity contribution in [2.24, 2.45) is 0 Å². The molecule has 14 heavy (non-hydrogen) atoms. The zero-order valence-electron chi connectivity index (χ0n) is 7.25. The summed E-state index contributed by atoms with van der Waals surface area (Å²) in [6.07, 6.45) is -4.39. The minimum atomic E-state index is -4.62. The Kier molecular flexibility index (Phi) is 2.82. The molecule has 0 saturated carbocycles. The lowest BCUT2D eigenvalue weighted by Gasteiger charge is -1.97. The van der Waals surface area contributed by atoms with Gasteiger partial charge in [0.2, 0.25) is 0 Å². The fourth-order valence-corrected chi connectivity index (χ4v) is 0.693. The van der Waals surface area contributed by atoms with Gasteiger partial charge in [-0.2, -0.15) is 18.0 Å². The Hall–Kier alpha value is -1.47. The van der Waals surface area contributed by atoms with E-state index >= 15 is 0 Å². The van der Waals surface area contributed by atoms with Crippen LogP contribution in [0, 0.1) is 0 Å². The van der Waals surface area contributed by atoms with Gasteiger partial charge in [0, 0.05) is 6.42 Å². The molecule has 5 nitrogen and oxygen atoms in total. The van der Waals surface area contributed by atoms with E-state index in [4.69, 9.17) is 0 Å². The van der Waals surface area contributed by atoms with Crippen LogP contribution in [0.5, 0.6) is 0 Å². The lowest BCUT2D eigenvalue weighted by molar-refractivity contribution is -0.145. The van der Waals surface area contributed by atoms with E-state index in [-0.39, 0.29) is 18.7 Å². The number of hydrogen-bond donors (Lipinski definition) is 0. The van der Waals surface area contributed by atoms with Gasteiger partial charge in [-0.25, -0.2) is 0 Å². The molecule has 78 valence electrons. The highest BCUT2D eigenvalue weighted by molar-refractivity contribution is 5.77. The van der Waals surface area contributed by atoms with Crippen molar-refractivity contribution in [1.29, 1.82) is 0 Å². The second kappa shape index (κ2) is 3.72. The second-order valence-corrected chi connectivity index (χ2v) is 2.53. The van der Waals surface area contributed by atoms with Gasteiger partial charge in [-0.1, -0.05) is 6.92 Å². The maximum absolute atomic E-state index is 12.0. The highest BCUT2D eigenvalue weighted by atomic mass is 19.4. The highest BCUT2D eigenvalue weighted by Crippen LogP contribution is 2.24. The molecule has 0 saturated heterocycles. The van der Waals surface area contributed by atoms with Gasteiger partial charge in [-0.05, 0) is 5.21 Å². The van der Waals surface area contributed by atoms with Crippen LogP contribution in [0.4, 0.5) is 13.2 Å². The Morgan fingerprint density at radius 3 is 2.57 bits per heavy atom. The average molecular weight is 208 g/mol. The molecule has 0 radical (unpaired) electrons. The molecule has 1 rings (SSSR count). The first kappa shape index (κ1) is 10.6. The average Bonchev–Trinajstić information content (AvgIpc) is 2.51. The number of nitrogens with zero attached hydrogens (tertiary/aromatic N) is 4. The molecule has 1 aromatic rings. The molecule has 8 heteroatoms. The Morgan fingerprint density at radius 2 is 2.14 bits per heavy atom. The summed E-state index contributed by atoms with van der Waals surface area (Å²) in [4.78, 5) is 11.5. The normalized spacial score (nSPS) is 11.7. The largest absolute Gasteiger partial charge is 0.455 e. The van der Waals surface area contributed by atoms with Crippen LogP contribution in [-0.2, 0) is 17.5 Å². The summed E-state index contributed by atoms with van der Waals surface area (Å²) in [5.41, 5.74) is 0. The number of Topliss-reactive ketones (excluding diaryl/α,β-unsaturated/α-hetero) is 1. The van der Waals surface area contributed by atoms with Crippen molar-refractivity contribution >= 4 is 5.78 Å². The number of alkyl halides is 3. The predicted molar refractivity (Wildman–Crippen MR) is 38.1 cm³/mol. The van der Waals surface area contributed by atoms with E-state index < -0.39 is 12.0 Å². The molecule has 0 atom stereocenters. The van der Waals surface area contributed by atoms with Crippen LogP contribution in [0.15, 0.2) is 0 Å². The number of hydrogen-bond acceptors (Lipinski definition) is 4. The number of halogens is 3. The van der Waals surface area contributed by atoms with Crippen LogP contribution in [0.2, 0.25) is 0 Å². The lowest BCUT2D eigenvalue weighted by atomic mass is 10.3. The van der Waals surface area contributed by atoms with Gasteiger partial charge in [0.25, 0.3) is 5.82 Å². The van der Waals surface area contributed by atoms with E-state index in [1.807, 2.05) is 0 Å². The third-order valence-corrected chi connectivity index (χ3v) is 1.42. The Balaban J connectivity index is 2.74. The van der Waals surface area contributed by atoms with Crippen LogP contribution in [0.3, 0.4) is 0 Å². The lowest BCUT2D eigenvalue weighted by Crippen LogP contribution is -2.13. The molecule has 0 amide bonds. The first-order valence-electron chi connectivity index (χ1n) is 3.80. The number of rotatable bonds is 3. The molecule has 1 heterocycles. The Bertz CT molecular complexity index is 332. The predicted octanol–water partition coefficient (Wildman–Crippen LogP) is 0.671. The third kappa shape index (κ3) is 2.51. The van der Waals surface area contributed by atoms with Gasteiger partial charge in [0.15, 0.2) is 5.78 Å². The Morgan fingerprint density at radius 1 is 1.50 bits per heavy atom. The summed E-state index contributed by atoms with van der Waals surface area (Å²) in [6, 6.07) is 0. The summed E-state index contributed by atoms with van der Waals surface area (Å²) in [6.45, 7) is 1.32. The zero-order valence-corrected chi connectivity index (χ0v) is 7.25. The molecule has 0 fully saturated rings. The SMILES string of the molecule is CCC(=O)Cn1nnc(C(F)(F)F)n1. The number of ketones is 1.